The molecule has 0 N–H and O–H groups in total. The highest BCUT2D eigenvalue weighted by atomic mass is 32.2. The topological polar surface area (TPSA) is 76.6 Å². The van der Waals surface area contributed by atoms with Gasteiger partial charge in [-0.3, -0.25) is 4.98 Å². The van der Waals surface area contributed by atoms with E-state index in [1.165, 1.54) is 24.5 Å². The summed E-state index contributed by atoms with van der Waals surface area (Å²) in [5, 5.41) is 0. The van der Waals surface area contributed by atoms with Crippen LogP contribution in [0.15, 0.2) is 47.5 Å². The van der Waals surface area contributed by atoms with Gasteiger partial charge in [-0.25, -0.2) is 17.5 Å². The minimum atomic E-state index is -3.71. The number of carbonyl (C=O) groups excluding carboxylic acids is 1. The van der Waals surface area contributed by atoms with Crippen molar-refractivity contribution in [1.82, 2.24) is 9.29 Å². The van der Waals surface area contributed by atoms with Gasteiger partial charge in [0.2, 0.25) is 10.0 Å². The van der Waals surface area contributed by atoms with Gasteiger partial charge in [-0.2, -0.15) is 0 Å². The molecule has 1 aromatic heterocycles. The quantitative estimate of drug-likeness (QED) is 0.747. The minimum absolute atomic E-state index is 0.105. The molecule has 0 unspecified atom stereocenters. The number of methoxy groups -OCH3 is 1. The maximum atomic E-state index is 12.8. The van der Waals surface area contributed by atoms with Crippen LogP contribution in [0.4, 0.5) is 0 Å². The molecule has 2 rings (SSSR count). The summed E-state index contributed by atoms with van der Waals surface area (Å²) in [7, 11) is -0.931. The predicted octanol–water partition coefficient (Wildman–Crippen LogP) is 2.04. The number of pyridine rings is 1. The van der Waals surface area contributed by atoms with E-state index in [4.69, 9.17) is 0 Å². The van der Waals surface area contributed by atoms with Gasteiger partial charge in [-0.05, 0) is 36.8 Å². The van der Waals surface area contributed by atoms with Crippen LogP contribution in [0.5, 0.6) is 0 Å². The van der Waals surface area contributed by atoms with E-state index >= 15 is 0 Å². The number of likely N-dealkylation sites (N-methyl/N-ethyl adjacent to an activating group) is 1. The summed E-state index contributed by atoms with van der Waals surface area (Å²) in [5.74, 6) is -0.567. The zero-order chi connectivity index (χ0) is 17.7. The summed E-state index contributed by atoms with van der Waals surface area (Å²) in [4.78, 5) is 15.9. The fourth-order valence-electron chi connectivity index (χ4n) is 2.23. The molecule has 1 heterocycles. The number of aryl methyl sites for hydroxylation is 1. The highest BCUT2D eigenvalue weighted by Crippen LogP contribution is 2.21. The van der Waals surface area contributed by atoms with Crippen LogP contribution in [0.1, 0.15) is 21.6 Å². The summed E-state index contributed by atoms with van der Waals surface area (Å²) in [6.07, 6.45) is 2.18. The maximum Gasteiger partial charge on any atom is 0.337 e. The van der Waals surface area contributed by atoms with Crippen molar-refractivity contribution in [3.63, 3.8) is 0 Å². The maximum absolute atomic E-state index is 12.8. The van der Waals surface area contributed by atoms with Crippen molar-refractivity contribution < 1.29 is 17.9 Å². The molecule has 0 aliphatic rings. The Balaban J connectivity index is 2.24. The number of esters is 1. The zero-order valence-electron chi connectivity index (χ0n) is 13.9. The van der Waals surface area contributed by atoms with Crippen LogP contribution in [0.25, 0.3) is 0 Å². The van der Waals surface area contributed by atoms with E-state index in [0.29, 0.717) is 18.5 Å². The first-order valence-corrected chi connectivity index (χ1v) is 8.85. The molecule has 2 aromatic rings. The first kappa shape index (κ1) is 18.1. The van der Waals surface area contributed by atoms with E-state index in [9.17, 15) is 13.2 Å². The molecule has 0 atom stereocenters. The fourth-order valence-corrected chi connectivity index (χ4v) is 3.65. The number of aromatic nitrogens is 1. The Morgan fingerprint density at radius 2 is 2.00 bits per heavy atom. The molecule has 6 nitrogen and oxygen atoms in total. The molecular weight excluding hydrogens is 328 g/mol. The molecule has 0 aliphatic heterocycles. The average molecular weight is 348 g/mol. The summed E-state index contributed by atoms with van der Waals surface area (Å²) < 4.78 is 31.5. The van der Waals surface area contributed by atoms with Crippen LogP contribution in [0.3, 0.4) is 0 Å². The molecule has 24 heavy (non-hydrogen) atoms. The summed E-state index contributed by atoms with van der Waals surface area (Å²) in [6, 6.07) is 10.0. The predicted molar refractivity (Wildman–Crippen MR) is 90.3 cm³/mol. The Morgan fingerprint density at radius 3 is 2.62 bits per heavy atom. The highest BCUT2D eigenvalue weighted by Gasteiger charge is 2.24. The van der Waals surface area contributed by atoms with Gasteiger partial charge in [0, 0.05) is 31.9 Å². The number of hydrogen-bond acceptors (Lipinski definition) is 5. The molecule has 7 heteroatoms. The lowest BCUT2D eigenvalue weighted by atomic mass is 10.1. The largest absolute Gasteiger partial charge is 0.465 e. The molecule has 0 radical (unpaired) electrons. The van der Waals surface area contributed by atoms with Crippen molar-refractivity contribution in [1.29, 1.82) is 0 Å². The Bertz CT molecular complexity index is 820. The van der Waals surface area contributed by atoms with Gasteiger partial charge < -0.3 is 4.74 Å². The van der Waals surface area contributed by atoms with Gasteiger partial charge >= 0.3 is 5.97 Å². The molecule has 0 amide bonds. The smallest absolute Gasteiger partial charge is 0.337 e. The van der Waals surface area contributed by atoms with E-state index in [2.05, 4.69) is 9.72 Å². The van der Waals surface area contributed by atoms with Crippen LogP contribution in [0, 0.1) is 6.92 Å². The van der Waals surface area contributed by atoms with E-state index in [1.54, 1.807) is 25.3 Å². The SMILES string of the molecule is COC(=O)c1ccc(C)c(S(=O)(=O)N(C)CCc2ccccn2)c1. The molecule has 0 bridgehead atoms. The van der Waals surface area contributed by atoms with Crippen molar-refractivity contribution in [2.24, 2.45) is 0 Å². The van der Waals surface area contributed by atoms with Crippen LogP contribution in [-0.4, -0.2) is 44.4 Å². The van der Waals surface area contributed by atoms with E-state index < -0.39 is 16.0 Å². The summed E-state index contributed by atoms with van der Waals surface area (Å²) in [6.45, 7) is 1.99. The van der Waals surface area contributed by atoms with Crippen molar-refractivity contribution in [3.8, 4) is 0 Å². The molecule has 0 spiro atoms. The number of carbonyl (C=O) groups is 1. The van der Waals surface area contributed by atoms with Gasteiger partial charge in [0.15, 0.2) is 0 Å². The third-order valence-corrected chi connectivity index (χ3v) is 5.71. The second kappa shape index (κ2) is 7.55. The Labute approximate surface area is 142 Å². The lowest BCUT2D eigenvalue weighted by molar-refractivity contribution is 0.0600. The van der Waals surface area contributed by atoms with Crippen molar-refractivity contribution in [2.45, 2.75) is 18.2 Å². The molecule has 1 aromatic carbocycles. The minimum Gasteiger partial charge on any atom is -0.465 e. The zero-order valence-corrected chi connectivity index (χ0v) is 14.7. The monoisotopic (exact) mass is 348 g/mol. The fraction of sp³-hybridized carbons (Fsp3) is 0.294. The number of nitrogens with zero attached hydrogens (tertiary/aromatic N) is 2. The third kappa shape index (κ3) is 3.98. The second-order valence-electron chi connectivity index (χ2n) is 5.37. The molecule has 128 valence electrons. The lowest BCUT2D eigenvalue weighted by Crippen LogP contribution is -2.30. The molecular formula is C17H20N2O4S. The average Bonchev–Trinajstić information content (AvgIpc) is 2.60. The van der Waals surface area contributed by atoms with Crippen LogP contribution >= 0.6 is 0 Å². The van der Waals surface area contributed by atoms with Crippen LogP contribution < -0.4 is 0 Å². The Hall–Kier alpha value is -2.25. The number of sulfonamides is 1. The molecule has 0 aliphatic carbocycles. The van der Waals surface area contributed by atoms with Gasteiger partial charge in [0.05, 0.1) is 17.6 Å². The number of rotatable bonds is 6. The van der Waals surface area contributed by atoms with Gasteiger partial charge in [0.25, 0.3) is 0 Å². The van der Waals surface area contributed by atoms with Crippen molar-refractivity contribution in [2.75, 3.05) is 20.7 Å². The summed E-state index contributed by atoms with van der Waals surface area (Å²) in [5.41, 5.74) is 1.60. The van der Waals surface area contributed by atoms with Gasteiger partial charge in [-0.1, -0.05) is 12.1 Å². The number of hydrogen-bond donors (Lipinski definition) is 0. The molecule has 0 saturated heterocycles. The Morgan fingerprint density at radius 1 is 1.25 bits per heavy atom. The van der Waals surface area contributed by atoms with E-state index in [0.717, 1.165) is 5.69 Å². The lowest BCUT2D eigenvalue weighted by Gasteiger charge is -2.18. The summed E-state index contributed by atoms with van der Waals surface area (Å²) >= 11 is 0. The third-order valence-electron chi connectivity index (χ3n) is 3.71. The first-order chi connectivity index (χ1) is 11.4. The van der Waals surface area contributed by atoms with Gasteiger partial charge in [-0.15, -0.1) is 0 Å². The van der Waals surface area contributed by atoms with Gasteiger partial charge in [0.1, 0.15) is 0 Å². The standard InChI is InChI=1S/C17H20N2O4S/c1-13-7-8-14(17(20)23-3)12-16(13)24(21,22)19(2)11-9-15-6-4-5-10-18-15/h4-8,10,12H,9,11H2,1-3H3. The normalized spacial score (nSPS) is 11.5. The second-order valence-corrected chi connectivity index (χ2v) is 7.38. The van der Waals surface area contributed by atoms with E-state index in [1.807, 2.05) is 18.2 Å². The Kier molecular flexibility index (Phi) is 5.69. The molecule has 0 saturated carbocycles. The van der Waals surface area contributed by atoms with Crippen LogP contribution in [-0.2, 0) is 21.2 Å². The highest BCUT2D eigenvalue weighted by molar-refractivity contribution is 7.89. The van der Waals surface area contributed by atoms with Crippen molar-refractivity contribution in [3.05, 3.63) is 59.4 Å². The molecule has 0 fully saturated rings. The van der Waals surface area contributed by atoms with Crippen LogP contribution in [0.2, 0.25) is 0 Å². The van der Waals surface area contributed by atoms with E-state index in [-0.39, 0.29) is 10.5 Å². The number of benzene rings is 1. The van der Waals surface area contributed by atoms with Crippen molar-refractivity contribution >= 4 is 16.0 Å². The number of ether oxygens (including phenoxy) is 1. The first-order valence-electron chi connectivity index (χ1n) is 7.41.